The summed E-state index contributed by atoms with van der Waals surface area (Å²) in [4.78, 5) is 12.0. The molecule has 94 valence electrons. The molecule has 1 rings (SSSR count). The van der Waals surface area contributed by atoms with Crippen LogP contribution in [0.1, 0.15) is 43.5 Å². The molecule has 0 aromatic heterocycles. The summed E-state index contributed by atoms with van der Waals surface area (Å²) >= 11 is 9.27. The van der Waals surface area contributed by atoms with Gasteiger partial charge in [-0.3, -0.25) is 4.79 Å². The summed E-state index contributed by atoms with van der Waals surface area (Å²) in [6, 6.07) is 5.48. The molecule has 0 aliphatic heterocycles. The lowest BCUT2D eigenvalue weighted by molar-refractivity contribution is 0.0933. The molecular weight excluding hydrogens is 302 g/mol. The van der Waals surface area contributed by atoms with Crippen molar-refractivity contribution in [1.82, 2.24) is 5.32 Å². The number of rotatable bonds is 5. The Labute approximate surface area is 116 Å². The molecular formula is C13H17BrClNO. The maximum atomic E-state index is 12.0. The van der Waals surface area contributed by atoms with E-state index in [1.165, 1.54) is 0 Å². The van der Waals surface area contributed by atoms with Crippen LogP contribution in [-0.4, -0.2) is 11.9 Å². The molecule has 1 atom stereocenters. The summed E-state index contributed by atoms with van der Waals surface area (Å²) in [7, 11) is 0. The first-order valence-electron chi connectivity index (χ1n) is 5.84. The van der Waals surface area contributed by atoms with E-state index in [-0.39, 0.29) is 11.9 Å². The Hall–Kier alpha value is -0.540. The summed E-state index contributed by atoms with van der Waals surface area (Å²) in [5.41, 5.74) is 0.604. The molecule has 0 aliphatic rings. The summed E-state index contributed by atoms with van der Waals surface area (Å²) in [5, 5.41) is 3.57. The van der Waals surface area contributed by atoms with Crippen LogP contribution in [0.4, 0.5) is 0 Å². The normalized spacial score (nSPS) is 12.2. The van der Waals surface area contributed by atoms with Crippen molar-refractivity contribution >= 4 is 33.4 Å². The Kier molecular flexibility index (Phi) is 6.00. The largest absolute Gasteiger partial charge is 0.349 e. The smallest absolute Gasteiger partial charge is 0.251 e. The molecule has 1 aromatic carbocycles. The second-order valence-corrected chi connectivity index (χ2v) is 5.26. The van der Waals surface area contributed by atoms with E-state index in [2.05, 4.69) is 35.1 Å². The lowest BCUT2D eigenvalue weighted by atomic mass is 10.1. The van der Waals surface area contributed by atoms with Crippen LogP contribution in [-0.2, 0) is 0 Å². The van der Waals surface area contributed by atoms with Gasteiger partial charge in [0.05, 0.1) is 5.02 Å². The molecule has 0 bridgehead atoms. The molecule has 1 N–H and O–H groups in total. The van der Waals surface area contributed by atoms with Gasteiger partial charge in [0.1, 0.15) is 0 Å². The lowest BCUT2D eigenvalue weighted by Gasteiger charge is -2.16. The first-order chi connectivity index (χ1) is 8.08. The van der Waals surface area contributed by atoms with E-state index >= 15 is 0 Å². The number of hydrogen-bond donors (Lipinski definition) is 1. The number of benzene rings is 1. The Morgan fingerprint density at radius 3 is 2.71 bits per heavy atom. The quantitative estimate of drug-likeness (QED) is 0.856. The number of halogens is 2. The van der Waals surface area contributed by atoms with E-state index < -0.39 is 0 Å². The number of hydrogen-bond acceptors (Lipinski definition) is 1. The third-order valence-electron chi connectivity index (χ3n) is 2.65. The fourth-order valence-electron chi connectivity index (χ4n) is 1.63. The van der Waals surface area contributed by atoms with Crippen molar-refractivity contribution in [3.05, 3.63) is 33.3 Å². The van der Waals surface area contributed by atoms with E-state index in [9.17, 15) is 4.79 Å². The van der Waals surface area contributed by atoms with Gasteiger partial charge in [0, 0.05) is 16.1 Å². The minimum Gasteiger partial charge on any atom is -0.349 e. The second kappa shape index (κ2) is 7.02. The topological polar surface area (TPSA) is 29.1 Å². The third-order valence-corrected chi connectivity index (χ3v) is 3.88. The molecule has 0 heterocycles. The number of nitrogens with one attached hydrogen (secondary N) is 1. The average molecular weight is 319 g/mol. The highest BCUT2D eigenvalue weighted by molar-refractivity contribution is 9.10. The summed E-state index contributed by atoms with van der Waals surface area (Å²) in [6.45, 7) is 4.19. The van der Waals surface area contributed by atoms with Gasteiger partial charge in [0.2, 0.25) is 0 Å². The first kappa shape index (κ1) is 14.5. The molecule has 0 aliphatic carbocycles. The van der Waals surface area contributed by atoms with Crippen molar-refractivity contribution in [1.29, 1.82) is 0 Å². The maximum absolute atomic E-state index is 12.0. The second-order valence-electron chi connectivity index (χ2n) is 4.00. The molecule has 2 nitrogen and oxygen atoms in total. The Morgan fingerprint density at radius 1 is 1.47 bits per heavy atom. The van der Waals surface area contributed by atoms with Gasteiger partial charge in [0.25, 0.3) is 5.91 Å². The van der Waals surface area contributed by atoms with Gasteiger partial charge < -0.3 is 5.32 Å². The minimum absolute atomic E-state index is 0.0558. The van der Waals surface area contributed by atoms with Crippen molar-refractivity contribution in [3.63, 3.8) is 0 Å². The van der Waals surface area contributed by atoms with Crippen LogP contribution in [0.5, 0.6) is 0 Å². The van der Waals surface area contributed by atoms with Gasteiger partial charge in [-0.2, -0.15) is 0 Å². The predicted octanol–water partition coefficient (Wildman–Crippen LogP) is 4.41. The standard InChI is InChI=1S/C13H17BrClNO/c1-3-5-10(4-2)16-13(17)9-6-7-11(14)12(15)8-9/h6-8,10H,3-5H2,1-2H3,(H,16,17). The molecule has 17 heavy (non-hydrogen) atoms. The van der Waals surface area contributed by atoms with Crippen molar-refractivity contribution in [2.75, 3.05) is 0 Å². The van der Waals surface area contributed by atoms with Gasteiger partial charge in [-0.15, -0.1) is 0 Å². The van der Waals surface area contributed by atoms with Crippen molar-refractivity contribution in [2.24, 2.45) is 0 Å². The van der Waals surface area contributed by atoms with Crippen molar-refractivity contribution in [3.8, 4) is 0 Å². The van der Waals surface area contributed by atoms with E-state index in [1.807, 2.05) is 0 Å². The zero-order valence-electron chi connectivity index (χ0n) is 10.1. The predicted molar refractivity (Wildman–Crippen MR) is 75.6 cm³/mol. The van der Waals surface area contributed by atoms with E-state index in [0.717, 1.165) is 23.7 Å². The SMILES string of the molecule is CCCC(CC)NC(=O)c1ccc(Br)c(Cl)c1. The minimum atomic E-state index is -0.0558. The average Bonchev–Trinajstić information content (AvgIpc) is 2.31. The Balaban J connectivity index is 2.72. The van der Waals surface area contributed by atoms with Crippen LogP contribution in [0.15, 0.2) is 22.7 Å². The zero-order valence-corrected chi connectivity index (χ0v) is 12.4. The first-order valence-corrected chi connectivity index (χ1v) is 7.01. The highest BCUT2D eigenvalue weighted by atomic mass is 79.9. The molecule has 0 fully saturated rings. The highest BCUT2D eigenvalue weighted by Crippen LogP contribution is 2.23. The molecule has 4 heteroatoms. The van der Waals surface area contributed by atoms with Crippen LogP contribution in [0.25, 0.3) is 0 Å². The molecule has 1 amide bonds. The van der Waals surface area contributed by atoms with Crippen LogP contribution in [0.2, 0.25) is 5.02 Å². The zero-order chi connectivity index (χ0) is 12.8. The summed E-state index contributed by atoms with van der Waals surface area (Å²) in [5.74, 6) is -0.0558. The van der Waals surface area contributed by atoms with Gasteiger partial charge in [-0.25, -0.2) is 0 Å². The third kappa shape index (κ3) is 4.32. The molecule has 0 saturated carbocycles. The maximum Gasteiger partial charge on any atom is 0.251 e. The van der Waals surface area contributed by atoms with Crippen LogP contribution >= 0.6 is 27.5 Å². The fourth-order valence-corrected chi connectivity index (χ4v) is 2.06. The molecule has 0 spiro atoms. The van der Waals surface area contributed by atoms with Crippen LogP contribution < -0.4 is 5.32 Å². The van der Waals surface area contributed by atoms with Crippen LogP contribution in [0, 0.1) is 0 Å². The lowest BCUT2D eigenvalue weighted by Crippen LogP contribution is -2.34. The van der Waals surface area contributed by atoms with Gasteiger partial charge in [-0.1, -0.05) is 31.9 Å². The summed E-state index contributed by atoms with van der Waals surface area (Å²) < 4.78 is 0.802. The number of carbonyl (C=O) groups excluding carboxylic acids is 1. The molecule has 0 saturated heterocycles. The van der Waals surface area contributed by atoms with E-state index in [1.54, 1.807) is 18.2 Å². The van der Waals surface area contributed by atoms with Crippen molar-refractivity contribution < 1.29 is 4.79 Å². The van der Waals surface area contributed by atoms with Gasteiger partial charge >= 0.3 is 0 Å². The van der Waals surface area contributed by atoms with Gasteiger partial charge in [-0.05, 0) is 47.0 Å². The molecule has 1 aromatic rings. The Morgan fingerprint density at radius 2 is 2.18 bits per heavy atom. The van der Waals surface area contributed by atoms with Gasteiger partial charge in [0.15, 0.2) is 0 Å². The summed E-state index contributed by atoms with van der Waals surface area (Å²) in [6.07, 6.45) is 3.02. The Bertz CT molecular complexity index is 395. The highest BCUT2D eigenvalue weighted by Gasteiger charge is 2.12. The number of amides is 1. The fraction of sp³-hybridized carbons (Fsp3) is 0.462. The molecule has 0 radical (unpaired) electrons. The number of carbonyl (C=O) groups is 1. The van der Waals surface area contributed by atoms with Crippen LogP contribution in [0.3, 0.4) is 0 Å². The van der Waals surface area contributed by atoms with E-state index in [0.29, 0.717) is 10.6 Å². The monoisotopic (exact) mass is 317 g/mol. The molecule has 1 unspecified atom stereocenters. The van der Waals surface area contributed by atoms with E-state index in [4.69, 9.17) is 11.6 Å². The van der Waals surface area contributed by atoms with Crippen molar-refractivity contribution in [2.45, 2.75) is 39.2 Å².